The van der Waals surface area contributed by atoms with E-state index in [4.69, 9.17) is 9.84 Å². The highest BCUT2D eigenvalue weighted by Crippen LogP contribution is 2.20. The Bertz CT molecular complexity index is 692. The Balaban J connectivity index is 2.05. The molecule has 2 aromatic rings. The van der Waals surface area contributed by atoms with Crippen LogP contribution in [-0.2, 0) is 16.1 Å². The molecule has 0 fully saturated rings. The standard InChI is InChI=1S/C19H21NO4/c1-13-8-14(2)10-16(9-13)17(11-18(21)22)20-19(23)24-12-15-6-4-3-5-7-15/h3-10,17H,11-12H2,1-2H3,(H,20,23)(H,21,22)/t17-/m1/s1. The lowest BCUT2D eigenvalue weighted by Gasteiger charge is -2.18. The van der Waals surface area contributed by atoms with Crippen LogP contribution in [0.25, 0.3) is 0 Å². The molecule has 0 heterocycles. The van der Waals surface area contributed by atoms with Gasteiger partial charge in [-0.05, 0) is 25.0 Å². The zero-order valence-corrected chi connectivity index (χ0v) is 13.8. The second-order valence-corrected chi connectivity index (χ2v) is 5.78. The molecule has 126 valence electrons. The lowest BCUT2D eigenvalue weighted by Crippen LogP contribution is -2.30. The molecule has 0 saturated carbocycles. The summed E-state index contributed by atoms with van der Waals surface area (Å²) < 4.78 is 5.18. The molecule has 24 heavy (non-hydrogen) atoms. The largest absolute Gasteiger partial charge is 0.481 e. The van der Waals surface area contributed by atoms with Gasteiger partial charge in [-0.25, -0.2) is 4.79 Å². The van der Waals surface area contributed by atoms with Crippen molar-refractivity contribution in [2.75, 3.05) is 0 Å². The van der Waals surface area contributed by atoms with Crippen molar-refractivity contribution in [1.29, 1.82) is 0 Å². The fourth-order valence-corrected chi connectivity index (χ4v) is 2.54. The number of aryl methyl sites for hydroxylation is 2. The number of hydrogen-bond donors (Lipinski definition) is 2. The summed E-state index contributed by atoms with van der Waals surface area (Å²) in [7, 11) is 0. The van der Waals surface area contributed by atoms with E-state index >= 15 is 0 Å². The minimum absolute atomic E-state index is 0.138. The summed E-state index contributed by atoms with van der Waals surface area (Å²) in [5, 5.41) is 11.8. The van der Waals surface area contributed by atoms with E-state index in [1.807, 2.05) is 62.4 Å². The maximum Gasteiger partial charge on any atom is 0.407 e. The summed E-state index contributed by atoms with van der Waals surface area (Å²) in [5.41, 5.74) is 3.65. The van der Waals surface area contributed by atoms with E-state index in [0.717, 1.165) is 22.3 Å². The average Bonchev–Trinajstić information content (AvgIpc) is 2.52. The number of carboxylic acid groups (broad SMARTS) is 1. The Morgan fingerprint density at radius 2 is 1.71 bits per heavy atom. The molecule has 2 N–H and O–H groups in total. The maximum absolute atomic E-state index is 12.0. The molecule has 5 nitrogen and oxygen atoms in total. The number of alkyl carbamates (subject to hydrolysis) is 1. The van der Waals surface area contributed by atoms with Crippen molar-refractivity contribution in [3.63, 3.8) is 0 Å². The van der Waals surface area contributed by atoms with E-state index in [1.165, 1.54) is 0 Å². The summed E-state index contributed by atoms with van der Waals surface area (Å²) >= 11 is 0. The highest BCUT2D eigenvalue weighted by atomic mass is 16.5. The highest BCUT2D eigenvalue weighted by Gasteiger charge is 2.19. The van der Waals surface area contributed by atoms with Crippen molar-refractivity contribution in [2.24, 2.45) is 0 Å². The van der Waals surface area contributed by atoms with E-state index in [-0.39, 0.29) is 13.0 Å². The molecule has 0 aliphatic heterocycles. The van der Waals surface area contributed by atoms with Gasteiger partial charge in [0.25, 0.3) is 0 Å². The quantitative estimate of drug-likeness (QED) is 0.847. The van der Waals surface area contributed by atoms with Crippen molar-refractivity contribution < 1.29 is 19.4 Å². The van der Waals surface area contributed by atoms with Crippen LogP contribution in [0.15, 0.2) is 48.5 Å². The molecule has 0 saturated heterocycles. The summed E-state index contributed by atoms with van der Waals surface area (Å²) in [4.78, 5) is 23.1. The topological polar surface area (TPSA) is 75.6 Å². The number of nitrogens with one attached hydrogen (secondary N) is 1. The third kappa shape index (κ3) is 5.43. The minimum atomic E-state index is -0.984. The van der Waals surface area contributed by atoms with Crippen LogP contribution >= 0.6 is 0 Å². The molecule has 0 radical (unpaired) electrons. The van der Waals surface area contributed by atoms with Gasteiger partial charge in [-0.3, -0.25) is 4.79 Å². The molecule has 1 amide bonds. The number of aliphatic carboxylic acids is 1. The summed E-state index contributed by atoms with van der Waals surface area (Å²) in [5.74, 6) is -0.984. The Hall–Kier alpha value is -2.82. The van der Waals surface area contributed by atoms with Crippen molar-refractivity contribution in [3.8, 4) is 0 Å². The predicted octanol–water partition coefficient (Wildman–Crippen LogP) is 3.75. The predicted molar refractivity (Wildman–Crippen MR) is 90.7 cm³/mol. The molecule has 1 atom stereocenters. The number of benzene rings is 2. The van der Waals surface area contributed by atoms with Gasteiger partial charge < -0.3 is 15.2 Å². The molecular weight excluding hydrogens is 306 g/mol. The van der Waals surface area contributed by atoms with Crippen LogP contribution in [0.5, 0.6) is 0 Å². The first-order valence-corrected chi connectivity index (χ1v) is 7.71. The summed E-state index contributed by atoms with van der Waals surface area (Å²) in [6.45, 7) is 4.00. The molecule has 0 unspecified atom stereocenters. The van der Waals surface area contributed by atoms with E-state index in [9.17, 15) is 9.59 Å². The van der Waals surface area contributed by atoms with Gasteiger partial charge in [-0.2, -0.15) is 0 Å². The van der Waals surface area contributed by atoms with Crippen LogP contribution < -0.4 is 5.32 Å². The number of carboxylic acids is 1. The zero-order valence-electron chi connectivity index (χ0n) is 13.8. The Morgan fingerprint density at radius 1 is 1.08 bits per heavy atom. The van der Waals surface area contributed by atoms with Gasteiger partial charge in [0.1, 0.15) is 6.61 Å². The van der Waals surface area contributed by atoms with Crippen LogP contribution in [-0.4, -0.2) is 17.2 Å². The Kier molecular flexibility index (Phi) is 5.95. The third-order valence-corrected chi connectivity index (χ3v) is 3.53. The number of carbonyl (C=O) groups is 2. The monoisotopic (exact) mass is 327 g/mol. The van der Waals surface area contributed by atoms with Gasteiger partial charge >= 0.3 is 12.1 Å². The number of ether oxygens (including phenoxy) is 1. The van der Waals surface area contributed by atoms with E-state index in [0.29, 0.717) is 0 Å². The molecule has 0 aliphatic rings. The smallest absolute Gasteiger partial charge is 0.407 e. The molecular formula is C19H21NO4. The molecule has 0 bridgehead atoms. The van der Waals surface area contributed by atoms with Crippen molar-refractivity contribution in [3.05, 3.63) is 70.8 Å². The fraction of sp³-hybridized carbons (Fsp3) is 0.263. The fourth-order valence-electron chi connectivity index (χ4n) is 2.54. The van der Waals surface area contributed by atoms with Crippen LogP contribution in [0.4, 0.5) is 4.79 Å². The number of carbonyl (C=O) groups excluding carboxylic acids is 1. The molecule has 0 aromatic heterocycles. The van der Waals surface area contributed by atoms with Gasteiger partial charge in [0.2, 0.25) is 0 Å². The SMILES string of the molecule is Cc1cc(C)cc([C@@H](CC(=O)O)NC(=O)OCc2ccccc2)c1. The lowest BCUT2D eigenvalue weighted by molar-refractivity contribution is -0.137. The summed E-state index contributed by atoms with van der Waals surface area (Å²) in [6, 6.07) is 14.4. The number of rotatable bonds is 6. The molecule has 0 aliphatic carbocycles. The molecule has 2 aromatic carbocycles. The summed E-state index contributed by atoms with van der Waals surface area (Å²) in [6.07, 6.45) is -0.840. The van der Waals surface area contributed by atoms with Gasteiger partial charge in [0, 0.05) is 0 Å². The van der Waals surface area contributed by atoms with Crippen molar-refractivity contribution >= 4 is 12.1 Å². The second kappa shape index (κ2) is 8.15. The van der Waals surface area contributed by atoms with Gasteiger partial charge in [0.15, 0.2) is 0 Å². The normalized spacial score (nSPS) is 11.6. The highest BCUT2D eigenvalue weighted by molar-refractivity contribution is 5.72. The lowest BCUT2D eigenvalue weighted by atomic mass is 9.99. The average molecular weight is 327 g/mol. The first-order valence-electron chi connectivity index (χ1n) is 7.71. The van der Waals surface area contributed by atoms with Crippen LogP contribution in [0.3, 0.4) is 0 Å². The van der Waals surface area contributed by atoms with Crippen LogP contribution in [0.2, 0.25) is 0 Å². The van der Waals surface area contributed by atoms with Gasteiger partial charge in [0.05, 0.1) is 12.5 Å². The van der Waals surface area contributed by atoms with Crippen LogP contribution in [0.1, 0.15) is 34.7 Å². The van der Waals surface area contributed by atoms with Gasteiger partial charge in [-0.15, -0.1) is 0 Å². The van der Waals surface area contributed by atoms with E-state index < -0.39 is 18.1 Å². The zero-order chi connectivity index (χ0) is 17.5. The van der Waals surface area contributed by atoms with Gasteiger partial charge in [-0.1, -0.05) is 59.7 Å². The first-order chi connectivity index (χ1) is 11.4. The second-order valence-electron chi connectivity index (χ2n) is 5.78. The third-order valence-electron chi connectivity index (χ3n) is 3.53. The maximum atomic E-state index is 12.0. The number of amides is 1. The van der Waals surface area contributed by atoms with E-state index in [2.05, 4.69) is 5.32 Å². The van der Waals surface area contributed by atoms with Crippen molar-refractivity contribution in [1.82, 2.24) is 5.32 Å². The molecule has 0 spiro atoms. The first kappa shape index (κ1) is 17.5. The van der Waals surface area contributed by atoms with Crippen molar-refractivity contribution in [2.45, 2.75) is 32.9 Å². The van der Waals surface area contributed by atoms with E-state index in [1.54, 1.807) is 0 Å². The molecule has 5 heteroatoms. The Labute approximate surface area is 141 Å². The molecule has 2 rings (SSSR count). The number of hydrogen-bond acceptors (Lipinski definition) is 3. The minimum Gasteiger partial charge on any atom is -0.481 e. The Morgan fingerprint density at radius 3 is 2.29 bits per heavy atom. The van der Waals surface area contributed by atoms with Crippen LogP contribution in [0, 0.1) is 13.8 Å².